The minimum atomic E-state index is -0.885. The summed E-state index contributed by atoms with van der Waals surface area (Å²) in [7, 11) is 0. The van der Waals surface area contributed by atoms with Crippen LogP contribution in [0.5, 0.6) is 0 Å². The summed E-state index contributed by atoms with van der Waals surface area (Å²) in [4.78, 5) is 11.0. The van der Waals surface area contributed by atoms with Crippen LogP contribution in [0, 0.1) is 34.0 Å². The van der Waals surface area contributed by atoms with Crippen LogP contribution in [0.15, 0.2) is 22.6 Å². The van der Waals surface area contributed by atoms with Crippen LogP contribution in [0.4, 0.5) is 0 Å². The number of amides is 1. The van der Waals surface area contributed by atoms with Crippen molar-refractivity contribution in [3.8, 4) is 18.2 Å². The van der Waals surface area contributed by atoms with Gasteiger partial charge in [0, 0.05) is 0 Å². The van der Waals surface area contributed by atoms with Gasteiger partial charge in [-0.15, -0.1) is 0 Å². The van der Waals surface area contributed by atoms with E-state index in [9.17, 15) is 9.90 Å². The Morgan fingerprint density at radius 2 is 1.80 bits per heavy atom. The number of nitriles is 3. The van der Waals surface area contributed by atoms with E-state index in [-0.39, 0.29) is 29.6 Å². The molecule has 1 aliphatic heterocycles. The molecule has 0 unspecified atom stereocenters. The first-order chi connectivity index (χ1) is 6.65. The van der Waals surface area contributed by atoms with Crippen LogP contribution in [0.3, 0.4) is 0 Å². The molecule has 0 saturated heterocycles. The number of nitrogens with one attached hydrogen (secondary N) is 1. The van der Waals surface area contributed by atoms with Gasteiger partial charge >= 0.3 is 29.6 Å². The van der Waals surface area contributed by atoms with Crippen molar-refractivity contribution in [1.82, 2.24) is 5.32 Å². The third-order valence-corrected chi connectivity index (χ3v) is 1.52. The van der Waals surface area contributed by atoms with Crippen molar-refractivity contribution in [1.29, 1.82) is 15.8 Å². The Balaban J connectivity index is 0.00000196. The zero-order valence-electron chi connectivity index (χ0n) is 7.66. The molecular formula is C8HN4NaO2. The van der Waals surface area contributed by atoms with Crippen molar-refractivity contribution >= 4 is 5.91 Å². The molecule has 6 nitrogen and oxygen atoms in total. The molecule has 1 heterocycles. The Morgan fingerprint density at radius 1 is 1.27 bits per heavy atom. The number of nitrogens with zero attached hydrogens (tertiary/aromatic N) is 3. The van der Waals surface area contributed by atoms with Crippen molar-refractivity contribution in [2.75, 3.05) is 0 Å². The van der Waals surface area contributed by atoms with Crippen LogP contribution in [-0.2, 0) is 4.79 Å². The maximum Gasteiger partial charge on any atom is 1.00 e. The van der Waals surface area contributed by atoms with Gasteiger partial charge in [0.1, 0.15) is 23.8 Å². The molecular weight excluding hydrogens is 207 g/mol. The number of hydrogen-bond donors (Lipinski definition) is 1. The molecule has 0 spiro atoms. The van der Waals surface area contributed by atoms with Crippen LogP contribution in [0.25, 0.3) is 0 Å². The molecule has 0 bridgehead atoms. The summed E-state index contributed by atoms with van der Waals surface area (Å²) in [5, 5.41) is 38.2. The largest absolute Gasteiger partial charge is 1.00 e. The van der Waals surface area contributed by atoms with Gasteiger partial charge < -0.3 is 10.4 Å². The van der Waals surface area contributed by atoms with E-state index in [4.69, 9.17) is 15.8 Å². The second-order valence-corrected chi connectivity index (χ2v) is 2.24. The van der Waals surface area contributed by atoms with E-state index in [0.717, 1.165) is 0 Å². The number of hydrogen-bond acceptors (Lipinski definition) is 5. The Labute approximate surface area is 107 Å². The Morgan fingerprint density at radius 3 is 2.20 bits per heavy atom. The van der Waals surface area contributed by atoms with E-state index in [1.807, 2.05) is 5.32 Å². The first-order valence-electron chi connectivity index (χ1n) is 3.33. The van der Waals surface area contributed by atoms with E-state index in [1.165, 1.54) is 18.2 Å². The fraction of sp³-hybridized carbons (Fsp3) is 0. The van der Waals surface area contributed by atoms with Gasteiger partial charge in [0.25, 0.3) is 5.91 Å². The molecule has 15 heavy (non-hydrogen) atoms. The van der Waals surface area contributed by atoms with Crippen LogP contribution in [0.2, 0.25) is 0 Å². The Kier molecular flexibility index (Phi) is 4.57. The second kappa shape index (κ2) is 5.19. The Hall–Kier alpha value is -1.78. The predicted molar refractivity (Wildman–Crippen MR) is 39.0 cm³/mol. The van der Waals surface area contributed by atoms with E-state index in [1.54, 1.807) is 0 Å². The molecule has 0 fully saturated rings. The SMILES string of the molecule is N#CC(C#N)=C1C(=O)NC([O-])=C1C#N.[Na+]. The van der Waals surface area contributed by atoms with Gasteiger partial charge in [-0.2, -0.15) is 15.8 Å². The molecule has 1 aliphatic rings. The normalized spacial score (nSPS) is 13.1. The summed E-state index contributed by atoms with van der Waals surface area (Å²) >= 11 is 0. The van der Waals surface area contributed by atoms with Crippen molar-refractivity contribution in [3.63, 3.8) is 0 Å². The first kappa shape index (κ1) is 13.2. The predicted octanol–water partition coefficient (Wildman–Crippen LogP) is -4.44. The van der Waals surface area contributed by atoms with Crippen molar-refractivity contribution in [2.24, 2.45) is 0 Å². The standard InChI is InChI=1S/C8H2N4O2.Na/c9-1-4(2-10)6-5(3-11)7(13)12-8(6)14;/h13H,(H,12,14);/q;+1/p-1. The molecule has 0 aromatic heterocycles. The molecule has 1 N–H and O–H groups in total. The van der Waals surface area contributed by atoms with Gasteiger partial charge in [0.2, 0.25) is 0 Å². The summed E-state index contributed by atoms with van der Waals surface area (Å²) in [6.07, 6.45) is 0. The summed E-state index contributed by atoms with van der Waals surface area (Å²) < 4.78 is 0. The molecule has 0 aliphatic carbocycles. The Bertz CT molecular complexity index is 482. The molecule has 66 valence electrons. The summed E-state index contributed by atoms with van der Waals surface area (Å²) in [5.41, 5.74) is -1.47. The fourth-order valence-corrected chi connectivity index (χ4v) is 0.937. The van der Waals surface area contributed by atoms with Gasteiger partial charge in [0.15, 0.2) is 0 Å². The van der Waals surface area contributed by atoms with Crippen LogP contribution in [0.1, 0.15) is 0 Å². The molecule has 1 amide bonds. The van der Waals surface area contributed by atoms with E-state index < -0.39 is 28.5 Å². The minimum absolute atomic E-state index is 0. The maximum absolute atomic E-state index is 11.0. The second-order valence-electron chi connectivity index (χ2n) is 2.24. The zero-order valence-corrected chi connectivity index (χ0v) is 9.66. The quantitative estimate of drug-likeness (QED) is 0.244. The molecule has 7 heteroatoms. The number of rotatable bonds is 0. The monoisotopic (exact) mass is 208 g/mol. The van der Waals surface area contributed by atoms with E-state index >= 15 is 0 Å². The summed E-state index contributed by atoms with van der Waals surface area (Å²) in [6, 6.07) is 4.35. The van der Waals surface area contributed by atoms with Gasteiger partial charge in [0.05, 0.1) is 11.1 Å². The van der Waals surface area contributed by atoms with E-state index in [2.05, 4.69) is 0 Å². The van der Waals surface area contributed by atoms with Crippen molar-refractivity contribution in [3.05, 3.63) is 22.6 Å². The first-order valence-corrected chi connectivity index (χ1v) is 3.33. The molecule has 0 radical (unpaired) electrons. The molecule has 0 atom stereocenters. The topological polar surface area (TPSA) is 124 Å². The fourth-order valence-electron chi connectivity index (χ4n) is 0.937. The average molecular weight is 208 g/mol. The van der Waals surface area contributed by atoms with Gasteiger partial charge in [-0.3, -0.25) is 4.79 Å². The van der Waals surface area contributed by atoms with Gasteiger partial charge in [-0.25, -0.2) is 0 Å². The third kappa shape index (κ3) is 2.18. The third-order valence-electron chi connectivity index (χ3n) is 1.52. The number of allylic oxidation sites excluding steroid dienone is 1. The molecule has 0 saturated carbocycles. The van der Waals surface area contributed by atoms with Crippen molar-refractivity contribution in [2.45, 2.75) is 0 Å². The molecule has 0 aromatic carbocycles. The minimum Gasteiger partial charge on any atom is -0.859 e. The molecule has 0 aromatic rings. The van der Waals surface area contributed by atoms with Crippen LogP contribution >= 0.6 is 0 Å². The number of carbonyl (C=O) groups excluding carboxylic acids is 1. The van der Waals surface area contributed by atoms with E-state index in [0.29, 0.717) is 0 Å². The van der Waals surface area contributed by atoms with Gasteiger partial charge in [-0.05, 0) is 5.88 Å². The summed E-state index contributed by atoms with van der Waals surface area (Å²) in [6.45, 7) is 0. The van der Waals surface area contributed by atoms with Crippen LogP contribution in [-0.4, -0.2) is 5.91 Å². The zero-order chi connectivity index (χ0) is 10.7. The van der Waals surface area contributed by atoms with Gasteiger partial charge in [-0.1, -0.05) is 0 Å². The van der Waals surface area contributed by atoms with Crippen molar-refractivity contribution < 1.29 is 39.5 Å². The molecule has 1 rings (SSSR count). The maximum atomic E-state index is 11.0. The van der Waals surface area contributed by atoms with Crippen LogP contribution < -0.4 is 40.0 Å². The average Bonchev–Trinajstić information content (AvgIpc) is 2.44. The summed E-state index contributed by atoms with van der Waals surface area (Å²) in [5.74, 6) is -1.76. The smallest absolute Gasteiger partial charge is 0.859 e. The number of carbonyl (C=O) groups is 1.